The molecule has 1 aliphatic carbocycles. The third-order valence-corrected chi connectivity index (χ3v) is 6.86. The molecular formula is C27H32N2O6. The molecule has 0 bridgehead atoms. The van der Waals surface area contributed by atoms with Crippen LogP contribution in [0.15, 0.2) is 48.5 Å². The number of fused-ring (bicyclic) bond motifs is 3. The Balaban J connectivity index is 1.40. The van der Waals surface area contributed by atoms with E-state index in [0.29, 0.717) is 38.9 Å². The summed E-state index contributed by atoms with van der Waals surface area (Å²) in [5.41, 5.74) is 3.62. The maximum atomic E-state index is 13.1. The number of alkyl carbamates (subject to hydrolysis) is 1. The third-order valence-electron chi connectivity index (χ3n) is 6.86. The van der Waals surface area contributed by atoms with E-state index >= 15 is 0 Å². The van der Waals surface area contributed by atoms with Crippen LogP contribution in [0.1, 0.15) is 56.1 Å². The number of carboxylic acids is 1. The van der Waals surface area contributed by atoms with Crippen molar-refractivity contribution in [1.29, 1.82) is 0 Å². The van der Waals surface area contributed by atoms with Crippen molar-refractivity contribution in [2.75, 3.05) is 19.8 Å². The molecular weight excluding hydrogens is 448 g/mol. The lowest BCUT2D eigenvalue weighted by atomic mass is 9.86. The molecule has 8 nitrogen and oxygen atoms in total. The highest BCUT2D eigenvalue weighted by molar-refractivity contribution is 5.87. The Morgan fingerprint density at radius 3 is 2.23 bits per heavy atom. The number of nitrogens with one attached hydrogen (secondary N) is 2. The summed E-state index contributed by atoms with van der Waals surface area (Å²) in [6.07, 6.45) is 1.04. The van der Waals surface area contributed by atoms with Gasteiger partial charge in [-0.15, -0.1) is 0 Å². The van der Waals surface area contributed by atoms with Gasteiger partial charge in [0.15, 0.2) is 0 Å². The monoisotopic (exact) mass is 480 g/mol. The van der Waals surface area contributed by atoms with Crippen LogP contribution in [0.5, 0.6) is 0 Å². The number of aliphatic carboxylic acids is 1. The molecule has 1 heterocycles. The van der Waals surface area contributed by atoms with Gasteiger partial charge in [-0.05, 0) is 41.5 Å². The van der Waals surface area contributed by atoms with Gasteiger partial charge in [0.25, 0.3) is 0 Å². The number of carbonyl (C=O) groups is 3. The molecule has 8 heteroatoms. The minimum atomic E-state index is -0.983. The molecule has 1 saturated heterocycles. The maximum Gasteiger partial charge on any atom is 0.407 e. The number of benzene rings is 2. The predicted octanol–water partition coefficient (Wildman–Crippen LogP) is 3.83. The van der Waals surface area contributed by atoms with Crippen LogP contribution in [0.2, 0.25) is 0 Å². The van der Waals surface area contributed by atoms with Gasteiger partial charge in [0.05, 0.1) is 12.0 Å². The summed E-state index contributed by atoms with van der Waals surface area (Å²) in [6, 6.07) is 15.4. The molecule has 3 N–H and O–H groups in total. The van der Waals surface area contributed by atoms with E-state index in [9.17, 15) is 19.5 Å². The highest BCUT2D eigenvalue weighted by Crippen LogP contribution is 2.44. The van der Waals surface area contributed by atoms with E-state index in [1.54, 1.807) is 0 Å². The Morgan fingerprint density at radius 2 is 1.66 bits per heavy atom. The van der Waals surface area contributed by atoms with Gasteiger partial charge in [-0.2, -0.15) is 0 Å². The van der Waals surface area contributed by atoms with Crippen molar-refractivity contribution < 1.29 is 29.0 Å². The first-order valence-corrected chi connectivity index (χ1v) is 12.2. The van der Waals surface area contributed by atoms with Crippen LogP contribution < -0.4 is 10.6 Å². The molecule has 1 aliphatic heterocycles. The zero-order chi connectivity index (χ0) is 24.8. The lowest BCUT2D eigenvalue weighted by Gasteiger charge is -2.38. The first kappa shape index (κ1) is 24.7. The molecule has 0 spiro atoms. The normalized spacial score (nSPS) is 17.1. The van der Waals surface area contributed by atoms with E-state index in [-0.39, 0.29) is 18.9 Å². The van der Waals surface area contributed by atoms with Crippen LogP contribution in [0.25, 0.3) is 11.1 Å². The van der Waals surface area contributed by atoms with Crippen molar-refractivity contribution in [2.45, 2.75) is 56.5 Å². The lowest BCUT2D eigenvalue weighted by molar-refractivity contribution is -0.140. The van der Waals surface area contributed by atoms with Gasteiger partial charge >= 0.3 is 12.1 Å². The predicted molar refractivity (Wildman–Crippen MR) is 130 cm³/mol. The highest BCUT2D eigenvalue weighted by atomic mass is 16.5. The summed E-state index contributed by atoms with van der Waals surface area (Å²) >= 11 is 0. The lowest BCUT2D eigenvalue weighted by Crippen LogP contribution is -2.58. The number of rotatable bonds is 9. The van der Waals surface area contributed by atoms with Gasteiger partial charge in [0.2, 0.25) is 5.91 Å². The molecule has 1 fully saturated rings. The first-order chi connectivity index (χ1) is 16.9. The minimum absolute atomic E-state index is 0.0762. The van der Waals surface area contributed by atoms with Crippen molar-refractivity contribution in [2.24, 2.45) is 0 Å². The molecule has 186 valence electrons. The fourth-order valence-corrected chi connectivity index (χ4v) is 5.09. The van der Waals surface area contributed by atoms with E-state index in [4.69, 9.17) is 9.47 Å². The second-order valence-electron chi connectivity index (χ2n) is 9.26. The quantitative estimate of drug-likeness (QED) is 0.503. The van der Waals surface area contributed by atoms with Crippen LogP contribution >= 0.6 is 0 Å². The van der Waals surface area contributed by atoms with Gasteiger partial charge in [-0.1, -0.05) is 61.9 Å². The van der Waals surface area contributed by atoms with Crippen LogP contribution in [-0.4, -0.2) is 54.5 Å². The third kappa shape index (κ3) is 5.65. The summed E-state index contributed by atoms with van der Waals surface area (Å²) in [6.45, 7) is 2.83. The Bertz CT molecular complexity index is 1030. The summed E-state index contributed by atoms with van der Waals surface area (Å²) in [5.74, 6) is -1.46. The average molecular weight is 481 g/mol. The van der Waals surface area contributed by atoms with E-state index < -0.39 is 29.6 Å². The largest absolute Gasteiger partial charge is 0.481 e. The molecule has 2 aliphatic rings. The SMILES string of the molecule is CCC[C@H](NC(=O)OCC1c2ccccc2-c2ccccc21)C(=O)NC1(CC(=O)O)CCOCC1. The molecule has 1 atom stereocenters. The Morgan fingerprint density at radius 1 is 1.06 bits per heavy atom. The zero-order valence-electron chi connectivity index (χ0n) is 19.9. The number of amides is 2. The molecule has 2 aromatic carbocycles. The second kappa shape index (κ2) is 10.9. The number of hydrogen-bond donors (Lipinski definition) is 3. The topological polar surface area (TPSA) is 114 Å². The van der Waals surface area contributed by atoms with Crippen molar-refractivity contribution in [3.63, 3.8) is 0 Å². The molecule has 0 radical (unpaired) electrons. The minimum Gasteiger partial charge on any atom is -0.481 e. The van der Waals surface area contributed by atoms with E-state index in [0.717, 1.165) is 22.3 Å². The standard InChI is InChI=1S/C27H32N2O6/c1-2-7-23(25(32)29-27(16-24(30)31)12-14-34-15-13-27)28-26(33)35-17-22-20-10-5-3-8-18(20)19-9-4-6-11-21(19)22/h3-6,8-11,22-23H,2,7,12-17H2,1H3,(H,28,33)(H,29,32)(H,30,31)/t23-/m0/s1. The van der Waals surface area contributed by atoms with Crippen molar-refractivity contribution in [1.82, 2.24) is 10.6 Å². The summed E-state index contributed by atoms with van der Waals surface area (Å²) < 4.78 is 11.0. The van der Waals surface area contributed by atoms with E-state index in [1.807, 2.05) is 43.3 Å². The van der Waals surface area contributed by atoms with E-state index in [1.165, 1.54) is 0 Å². The van der Waals surface area contributed by atoms with E-state index in [2.05, 4.69) is 22.8 Å². The molecule has 2 amide bonds. The van der Waals surface area contributed by atoms with Gasteiger partial charge in [0.1, 0.15) is 12.6 Å². The van der Waals surface area contributed by atoms with Crippen LogP contribution in [0, 0.1) is 0 Å². The molecule has 35 heavy (non-hydrogen) atoms. The smallest absolute Gasteiger partial charge is 0.407 e. The van der Waals surface area contributed by atoms with Crippen molar-refractivity contribution in [3.8, 4) is 11.1 Å². The zero-order valence-corrected chi connectivity index (χ0v) is 19.9. The number of ether oxygens (including phenoxy) is 2. The summed E-state index contributed by atoms with van der Waals surface area (Å²) in [5, 5.41) is 15.0. The van der Waals surface area contributed by atoms with Gasteiger partial charge in [-0.3, -0.25) is 9.59 Å². The Kier molecular flexibility index (Phi) is 7.70. The van der Waals surface area contributed by atoms with Crippen molar-refractivity contribution in [3.05, 3.63) is 59.7 Å². The number of hydrogen-bond acceptors (Lipinski definition) is 5. The average Bonchev–Trinajstić information content (AvgIpc) is 3.16. The summed E-state index contributed by atoms with van der Waals surface area (Å²) in [7, 11) is 0. The fourth-order valence-electron chi connectivity index (χ4n) is 5.09. The molecule has 0 unspecified atom stereocenters. The molecule has 0 saturated carbocycles. The van der Waals surface area contributed by atoms with Gasteiger partial charge in [0, 0.05) is 19.1 Å². The maximum absolute atomic E-state index is 13.1. The van der Waals surface area contributed by atoms with Crippen LogP contribution in [0.4, 0.5) is 4.79 Å². The van der Waals surface area contributed by atoms with Crippen LogP contribution in [0.3, 0.4) is 0 Å². The second-order valence-corrected chi connectivity index (χ2v) is 9.26. The highest BCUT2D eigenvalue weighted by Gasteiger charge is 2.38. The van der Waals surface area contributed by atoms with Crippen molar-refractivity contribution >= 4 is 18.0 Å². The first-order valence-electron chi connectivity index (χ1n) is 12.2. The molecule has 4 rings (SSSR count). The molecule has 0 aromatic heterocycles. The summed E-state index contributed by atoms with van der Waals surface area (Å²) in [4.78, 5) is 37.3. The Labute approximate surface area is 205 Å². The van der Waals surface area contributed by atoms with Gasteiger partial charge < -0.3 is 25.2 Å². The number of carboxylic acid groups (broad SMARTS) is 1. The molecule has 2 aromatic rings. The fraction of sp³-hybridized carbons (Fsp3) is 0.444. The van der Waals surface area contributed by atoms with Gasteiger partial charge in [-0.25, -0.2) is 4.79 Å². The van der Waals surface area contributed by atoms with Crippen LogP contribution in [-0.2, 0) is 19.1 Å². The Hall–Kier alpha value is -3.39. The number of carbonyl (C=O) groups excluding carboxylic acids is 2.